The summed E-state index contributed by atoms with van der Waals surface area (Å²) >= 11 is 8.09. The molecular formula is C29H26ClN7OS. The van der Waals surface area contributed by atoms with Gasteiger partial charge in [0, 0.05) is 24.1 Å². The number of aromatic nitrogens is 4. The Bertz CT molecular complexity index is 1740. The van der Waals surface area contributed by atoms with E-state index in [1.54, 1.807) is 31.5 Å². The summed E-state index contributed by atoms with van der Waals surface area (Å²) in [5, 5.41) is 23.7. The Morgan fingerprint density at radius 1 is 1.10 bits per heavy atom. The first kappa shape index (κ1) is 26.5. The lowest BCUT2D eigenvalue weighted by Crippen LogP contribution is -2.18. The van der Waals surface area contributed by atoms with Crippen LogP contribution >= 0.6 is 22.9 Å². The number of hydrogen-bond donors (Lipinski definition) is 3. The van der Waals surface area contributed by atoms with E-state index in [9.17, 15) is 10.4 Å². The molecule has 0 atom stereocenters. The van der Waals surface area contributed by atoms with Gasteiger partial charge in [-0.25, -0.2) is 19.9 Å². The number of thiazole rings is 1. The second-order valence-corrected chi connectivity index (χ2v) is 10.9. The molecule has 4 N–H and O–H groups in total. The van der Waals surface area contributed by atoms with Gasteiger partial charge in [-0.05, 0) is 56.7 Å². The highest BCUT2D eigenvalue weighted by Crippen LogP contribution is 2.37. The number of aliphatic hydroxyl groups is 1. The van der Waals surface area contributed by atoms with Crippen molar-refractivity contribution in [2.45, 2.75) is 32.8 Å². The van der Waals surface area contributed by atoms with Gasteiger partial charge in [0.1, 0.15) is 17.2 Å². The summed E-state index contributed by atoms with van der Waals surface area (Å²) < 4.78 is 0.936. The van der Waals surface area contributed by atoms with Gasteiger partial charge in [-0.15, -0.1) is 11.3 Å². The van der Waals surface area contributed by atoms with Gasteiger partial charge in [-0.1, -0.05) is 29.8 Å². The minimum Gasteiger partial charge on any atom is -0.384 e. The van der Waals surface area contributed by atoms with Crippen LogP contribution in [0.1, 0.15) is 36.4 Å². The molecule has 5 aromatic rings. The normalized spacial score (nSPS) is 11.5. The number of pyridine rings is 1. The molecule has 0 aliphatic carbocycles. The van der Waals surface area contributed by atoms with Crippen molar-refractivity contribution in [3.63, 3.8) is 0 Å². The van der Waals surface area contributed by atoms with Crippen LogP contribution in [-0.4, -0.2) is 31.6 Å². The molecule has 39 heavy (non-hydrogen) atoms. The molecule has 2 aromatic carbocycles. The number of rotatable bonds is 7. The average Bonchev–Trinajstić information content (AvgIpc) is 3.39. The molecule has 0 aliphatic heterocycles. The van der Waals surface area contributed by atoms with Crippen LogP contribution in [0, 0.1) is 18.3 Å². The quantitative estimate of drug-likeness (QED) is 0.219. The van der Waals surface area contributed by atoms with Crippen LogP contribution < -0.4 is 11.1 Å². The molecule has 0 radical (unpaired) electrons. The van der Waals surface area contributed by atoms with E-state index in [0.29, 0.717) is 58.0 Å². The predicted octanol–water partition coefficient (Wildman–Crippen LogP) is 6.11. The molecule has 8 nitrogen and oxygen atoms in total. The average molecular weight is 556 g/mol. The first-order valence-corrected chi connectivity index (χ1v) is 13.5. The third-order valence-electron chi connectivity index (χ3n) is 6.42. The third-order valence-corrected chi connectivity index (χ3v) is 7.48. The van der Waals surface area contributed by atoms with Crippen LogP contribution in [0.4, 0.5) is 11.6 Å². The molecule has 196 valence electrons. The van der Waals surface area contributed by atoms with Crippen LogP contribution in [0.5, 0.6) is 0 Å². The summed E-state index contributed by atoms with van der Waals surface area (Å²) in [4.78, 5) is 18.6. The Balaban J connectivity index is 1.55. The SMILES string of the molecule is Cc1c(C#N)cccc1-c1nc(N)c(CCNc2cccc(C(C)(C)O)n2)nc1-c1cc(Cl)c2ncsc2c1. The van der Waals surface area contributed by atoms with Crippen molar-refractivity contribution in [3.05, 3.63) is 81.6 Å². The summed E-state index contributed by atoms with van der Waals surface area (Å²) in [6.45, 7) is 5.78. The maximum Gasteiger partial charge on any atom is 0.146 e. The van der Waals surface area contributed by atoms with Gasteiger partial charge in [0.25, 0.3) is 0 Å². The number of hydrogen-bond acceptors (Lipinski definition) is 9. The molecule has 0 spiro atoms. The molecule has 0 unspecified atom stereocenters. The minimum atomic E-state index is -1.04. The van der Waals surface area contributed by atoms with E-state index < -0.39 is 5.60 Å². The first-order valence-electron chi connectivity index (χ1n) is 12.3. The highest BCUT2D eigenvalue weighted by atomic mass is 35.5. The van der Waals surface area contributed by atoms with Crippen molar-refractivity contribution in [1.29, 1.82) is 5.26 Å². The lowest BCUT2D eigenvalue weighted by molar-refractivity contribution is 0.0740. The van der Waals surface area contributed by atoms with E-state index in [1.165, 1.54) is 11.3 Å². The van der Waals surface area contributed by atoms with E-state index in [1.807, 2.05) is 43.3 Å². The molecule has 0 fully saturated rings. The van der Waals surface area contributed by atoms with Crippen LogP contribution in [0.2, 0.25) is 5.02 Å². The summed E-state index contributed by atoms with van der Waals surface area (Å²) in [6, 6.07) is 17.1. The van der Waals surface area contributed by atoms with Gasteiger partial charge in [0.15, 0.2) is 0 Å². The zero-order chi connectivity index (χ0) is 27.7. The number of benzene rings is 2. The van der Waals surface area contributed by atoms with E-state index >= 15 is 0 Å². The summed E-state index contributed by atoms with van der Waals surface area (Å²) in [5.74, 6) is 0.949. The fraction of sp³-hybridized carbons (Fsp3) is 0.207. The first-order chi connectivity index (χ1) is 18.7. The van der Waals surface area contributed by atoms with Crippen LogP contribution in [0.15, 0.2) is 54.0 Å². The van der Waals surface area contributed by atoms with E-state index in [2.05, 4.69) is 21.4 Å². The fourth-order valence-corrected chi connectivity index (χ4v) is 5.38. The Morgan fingerprint density at radius 2 is 1.90 bits per heavy atom. The van der Waals surface area contributed by atoms with Crippen molar-refractivity contribution >= 4 is 44.8 Å². The van der Waals surface area contributed by atoms with Crippen molar-refractivity contribution in [1.82, 2.24) is 19.9 Å². The molecule has 5 rings (SSSR count). The molecule has 0 aliphatic rings. The zero-order valence-electron chi connectivity index (χ0n) is 21.7. The van der Waals surface area contributed by atoms with E-state index in [4.69, 9.17) is 27.3 Å². The minimum absolute atomic E-state index is 0.306. The van der Waals surface area contributed by atoms with Crippen molar-refractivity contribution < 1.29 is 5.11 Å². The maximum absolute atomic E-state index is 10.3. The Kier molecular flexibility index (Phi) is 7.19. The standard InChI is InChI=1S/C29H26ClN7OS/c1-16-17(14-31)6-4-7-19(16)26-25(18-12-20(30)27-22(13-18)39-15-34-27)35-21(28(32)37-26)10-11-33-24-9-5-8-23(36-24)29(2,3)38/h4-9,12-13,15,38H,10-11H2,1-3H3,(H2,32,37)(H,33,36). The Hall–Kier alpha value is -4.10. The number of nitrogens with one attached hydrogen (secondary N) is 1. The van der Waals surface area contributed by atoms with Crippen molar-refractivity contribution in [3.8, 4) is 28.6 Å². The topological polar surface area (TPSA) is 134 Å². The third kappa shape index (κ3) is 5.40. The van der Waals surface area contributed by atoms with Crippen LogP contribution in [0.25, 0.3) is 32.7 Å². The summed E-state index contributed by atoms with van der Waals surface area (Å²) in [7, 11) is 0. The van der Waals surface area contributed by atoms with Crippen LogP contribution in [0.3, 0.4) is 0 Å². The largest absolute Gasteiger partial charge is 0.384 e. The van der Waals surface area contributed by atoms with Crippen LogP contribution in [-0.2, 0) is 12.0 Å². The highest BCUT2D eigenvalue weighted by molar-refractivity contribution is 7.16. The zero-order valence-corrected chi connectivity index (χ0v) is 23.2. The van der Waals surface area contributed by atoms with Gasteiger partial charge in [0.2, 0.25) is 0 Å². The lowest BCUT2D eigenvalue weighted by atomic mass is 9.97. The molecule has 0 bridgehead atoms. The van der Waals surface area contributed by atoms with Gasteiger partial charge < -0.3 is 16.2 Å². The maximum atomic E-state index is 10.3. The predicted molar refractivity (Wildman–Crippen MR) is 157 cm³/mol. The number of nitrogens with zero attached hydrogens (tertiary/aromatic N) is 5. The van der Waals surface area contributed by atoms with Crippen molar-refractivity contribution in [2.24, 2.45) is 0 Å². The molecule has 3 heterocycles. The summed E-state index contributed by atoms with van der Waals surface area (Å²) in [5.41, 5.74) is 13.2. The summed E-state index contributed by atoms with van der Waals surface area (Å²) in [6.07, 6.45) is 0.480. The smallest absolute Gasteiger partial charge is 0.146 e. The molecule has 10 heteroatoms. The lowest BCUT2D eigenvalue weighted by Gasteiger charge is -2.18. The number of nitriles is 1. The second kappa shape index (κ2) is 10.6. The second-order valence-electron chi connectivity index (χ2n) is 9.64. The van der Waals surface area contributed by atoms with Gasteiger partial charge in [0.05, 0.1) is 55.2 Å². The molecular weight excluding hydrogens is 530 g/mol. The Morgan fingerprint density at radius 3 is 2.67 bits per heavy atom. The van der Waals surface area contributed by atoms with Gasteiger partial charge in [-0.2, -0.15) is 5.26 Å². The number of fused-ring (bicyclic) bond motifs is 1. The van der Waals surface area contributed by atoms with Gasteiger partial charge >= 0.3 is 0 Å². The van der Waals surface area contributed by atoms with E-state index in [-0.39, 0.29) is 0 Å². The van der Waals surface area contributed by atoms with Gasteiger partial charge in [-0.3, -0.25) is 0 Å². The van der Waals surface area contributed by atoms with Crippen molar-refractivity contribution in [2.75, 3.05) is 17.6 Å². The highest BCUT2D eigenvalue weighted by Gasteiger charge is 2.20. The number of anilines is 2. The molecule has 3 aromatic heterocycles. The molecule has 0 saturated carbocycles. The molecule has 0 amide bonds. The number of nitrogen functional groups attached to an aromatic ring is 1. The number of nitrogens with two attached hydrogens (primary N) is 1. The number of halogens is 1. The molecule has 0 saturated heterocycles. The monoisotopic (exact) mass is 555 g/mol. The fourth-order valence-electron chi connectivity index (χ4n) is 4.31. The van der Waals surface area contributed by atoms with E-state index in [0.717, 1.165) is 26.9 Å². The Labute approximate surface area is 235 Å².